The Balaban J connectivity index is 2.43. The fourth-order valence-corrected chi connectivity index (χ4v) is 2.43. The van der Waals surface area contributed by atoms with Crippen LogP contribution in [0.25, 0.3) is 16.6 Å². The number of hydrogen-bond acceptors (Lipinski definition) is 3. The van der Waals surface area contributed by atoms with E-state index in [2.05, 4.69) is 10.1 Å². The molecule has 0 saturated heterocycles. The molecule has 100 valence electrons. The lowest BCUT2D eigenvalue weighted by atomic mass is 10.1. The number of rotatable bonds is 1. The first-order chi connectivity index (χ1) is 9.56. The minimum Gasteiger partial charge on any atom is -0.267 e. The van der Waals surface area contributed by atoms with Crippen molar-refractivity contribution in [3.63, 3.8) is 0 Å². The monoisotopic (exact) mass is 305 g/mol. The van der Waals surface area contributed by atoms with Crippen molar-refractivity contribution in [3.8, 4) is 11.1 Å². The first-order valence-electron chi connectivity index (χ1n) is 5.87. The van der Waals surface area contributed by atoms with Crippen molar-refractivity contribution in [3.05, 3.63) is 62.8 Å². The third-order valence-corrected chi connectivity index (χ3v) is 3.51. The molecule has 0 bridgehead atoms. The number of fused-ring (bicyclic) bond motifs is 1. The zero-order valence-electron chi connectivity index (χ0n) is 10.5. The molecule has 3 aromatic rings. The summed E-state index contributed by atoms with van der Waals surface area (Å²) in [6, 6.07) is 8.63. The summed E-state index contributed by atoms with van der Waals surface area (Å²) in [4.78, 5) is 16.0. The molecule has 0 fully saturated rings. The van der Waals surface area contributed by atoms with Gasteiger partial charge < -0.3 is 0 Å². The van der Waals surface area contributed by atoms with E-state index < -0.39 is 0 Å². The van der Waals surface area contributed by atoms with Gasteiger partial charge in [-0.15, -0.1) is 0 Å². The second kappa shape index (κ2) is 4.89. The highest BCUT2D eigenvalue weighted by molar-refractivity contribution is 6.35. The topological polar surface area (TPSA) is 47.3 Å². The Kier molecular flexibility index (Phi) is 3.20. The van der Waals surface area contributed by atoms with Gasteiger partial charge in [0.15, 0.2) is 0 Å². The molecule has 6 heteroatoms. The molecule has 2 heterocycles. The summed E-state index contributed by atoms with van der Waals surface area (Å²) in [5.41, 5.74) is 2.05. The average molecular weight is 306 g/mol. The summed E-state index contributed by atoms with van der Waals surface area (Å²) < 4.78 is 1.56. The Morgan fingerprint density at radius 3 is 2.75 bits per heavy atom. The van der Waals surface area contributed by atoms with E-state index in [1.165, 1.54) is 6.33 Å². The van der Waals surface area contributed by atoms with E-state index >= 15 is 0 Å². The van der Waals surface area contributed by atoms with Crippen molar-refractivity contribution < 1.29 is 0 Å². The van der Waals surface area contributed by atoms with Crippen LogP contribution in [0.15, 0.2) is 41.5 Å². The van der Waals surface area contributed by atoms with Crippen LogP contribution in [0.5, 0.6) is 0 Å². The van der Waals surface area contributed by atoms with Gasteiger partial charge in [0.1, 0.15) is 6.33 Å². The second-order valence-electron chi connectivity index (χ2n) is 4.35. The van der Waals surface area contributed by atoms with Crippen molar-refractivity contribution in [2.24, 2.45) is 0 Å². The fourth-order valence-electron chi connectivity index (χ4n) is 2.04. The Bertz CT molecular complexity index is 874. The molecule has 2 aromatic heterocycles. The summed E-state index contributed by atoms with van der Waals surface area (Å²) >= 11 is 12.2. The maximum absolute atomic E-state index is 12.1. The molecule has 0 aliphatic heterocycles. The standard InChI is InChI=1S/C14H9Cl2N3O/c1-8-2-5-12-13(14(20)17-7-19(12)18-8)10-6-9(15)3-4-11(10)16/h2-7H,1H3. The number of hydrogen-bond donors (Lipinski definition) is 0. The van der Waals surface area contributed by atoms with Gasteiger partial charge in [-0.05, 0) is 37.3 Å². The molecule has 1 aromatic carbocycles. The van der Waals surface area contributed by atoms with Gasteiger partial charge >= 0.3 is 0 Å². The average Bonchev–Trinajstić information content (AvgIpc) is 2.42. The maximum Gasteiger partial charge on any atom is 0.281 e. The van der Waals surface area contributed by atoms with Crippen LogP contribution >= 0.6 is 23.2 Å². The molecule has 0 radical (unpaired) electrons. The molecule has 0 saturated carbocycles. The lowest BCUT2D eigenvalue weighted by Gasteiger charge is -2.08. The summed E-state index contributed by atoms with van der Waals surface area (Å²) in [5.74, 6) is 0. The molecule has 0 amide bonds. The van der Waals surface area contributed by atoms with Crippen LogP contribution in [0.4, 0.5) is 0 Å². The highest BCUT2D eigenvalue weighted by Crippen LogP contribution is 2.30. The van der Waals surface area contributed by atoms with E-state index in [9.17, 15) is 4.79 Å². The Morgan fingerprint density at radius 1 is 1.15 bits per heavy atom. The largest absolute Gasteiger partial charge is 0.281 e. The molecule has 0 unspecified atom stereocenters. The molecule has 0 atom stereocenters. The summed E-state index contributed by atoms with van der Waals surface area (Å²) in [5, 5.41) is 5.25. The molecular weight excluding hydrogens is 297 g/mol. The molecular formula is C14H9Cl2N3O. The third-order valence-electron chi connectivity index (χ3n) is 2.95. The molecule has 0 aliphatic rings. The van der Waals surface area contributed by atoms with Crippen LogP contribution in [0, 0.1) is 6.92 Å². The van der Waals surface area contributed by atoms with Crippen molar-refractivity contribution in [2.45, 2.75) is 6.92 Å². The van der Waals surface area contributed by atoms with Crippen LogP contribution in [-0.4, -0.2) is 14.6 Å². The number of benzene rings is 1. The highest BCUT2D eigenvalue weighted by Gasteiger charge is 2.13. The summed E-state index contributed by atoms with van der Waals surface area (Å²) in [6.45, 7) is 1.86. The van der Waals surface area contributed by atoms with E-state index in [1.54, 1.807) is 22.7 Å². The molecule has 0 spiro atoms. The van der Waals surface area contributed by atoms with Crippen molar-refractivity contribution in [1.29, 1.82) is 0 Å². The maximum atomic E-state index is 12.1. The van der Waals surface area contributed by atoms with Crippen molar-refractivity contribution >= 4 is 28.7 Å². The number of halogens is 2. The molecule has 0 aliphatic carbocycles. The smallest absolute Gasteiger partial charge is 0.267 e. The highest BCUT2D eigenvalue weighted by atomic mass is 35.5. The van der Waals surface area contributed by atoms with Crippen molar-refractivity contribution in [2.75, 3.05) is 0 Å². The zero-order valence-corrected chi connectivity index (χ0v) is 12.0. The van der Waals surface area contributed by atoms with Gasteiger partial charge in [0.05, 0.1) is 16.8 Å². The van der Waals surface area contributed by atoms with Gasteiger partial charge in [-0.1, -0.05) is 23.2 Å². The predicted octanol–water partition coefficient (Wildman–Crippen LogP) is 3.37. The van der Waals surface area contributed by atoms with Crippen LogP contribution in [0.3, 0.4) is 0 Å². The summed E-state index contributed by atoms with van der Waals surface area (Å²) in [6.07, 6.45) is 1.40. The van der Waals surface area contributed by atoms with E-state index in [1.807, 2.05) is 19.1 Å². The van der Waals surface area contributed by atoms with E-state index in [0.29, 0.717) is 26.7 Å². The molecule has 3 rings (SSSR count). The Labute approximate surface area is 124 Å². The SMILES string of the molecule is Cc1ccc2c(-c3cc(Cl)ccc3Cl)c(=O)ncn2n1. The molecule has 0 N–H and O–H groups in total. The zero-order chi connectivity index (χ0) is 14.3. The Hall–Kier alpha value is -1.91. The first-order valence-corrected chi connectivity index (χ1v) is 6.62. The van der Waals surface area contributed by atoms with Crippen LogP contribution in [-0.2, 0) is 0 Å². The van der Waals surface area contributed by atoms with Crippen LogP contribution in [0.2, 0.25) is 10.0 Å². The lowest BCUT2D eigenvalue weighted by molar-refractivity contribution is 0.858. The second-order valence-corrected chi connectivity index (χ2v) is 5.20. The van der Waals surface area contributed by atoms with E-state index in [4.69, 9.17) is 23.2 Å². The van der Waals surface area contributed by atoms with Gasteiger partial charge in [0.25, 0.3) is 5.56 Å². The van der Waals surface area contributed by atoms with Gasteiger partial charge in [-0.2, -0.15) is 10.1 Å². The Morgan fingerprint density at radius 2 is 1.95 bits per heavy atom. The van der Waals surface area contributed by atoms with Crippen LogP contribution in [0.1, 0.15) is 5.69 Å². The van der Waals surface area contributed by atoms with Gasteiger partial charge in [0, 0.05) is 15.6 Å². The van der Waals surface area contributed by atoms with E-state index in [0.717, 1.165) is 5.69 Å². The molecule has 4 nitrogen and oxygen atoms in total. The lowest BCUT2D eigenvalue weighted by Crippen LogP contribution is -2.13. The van der Waals surface area contributed by atoms with Crippen LogP contribution < -0.4 is 5.56 Å². The van der Waals surface area contributed by atoms with Gasteiger partial charge in [-0.3, -0.25) is 4.79 Å². The minimum absolute atomic E-state index is 0.361. The minimum atomic E-state index is -0.361. The number of nitrogens with zero attached hydrogens (tertiary/aromatic N) is 3. The fraction of sp³-hybridized carbons (Fsp3) is 0.0714. The first kappa shape index (κ1) is 13.1. The van der Waals surface area contributed by atoms with Crippen molar-refractivity contribution in [1.82, 2.24) is 14.6 Å². The quantitative estimate of drug-likeness (QED) is 0.692. The van der Waals surface area contributed by atoms with E-state index in [-0.39, 0.29) is 5.56 Å². The number of aryl methyl sites for hydroxylation is 1. The third kappa shape index (κ3) is 2.17. The number of aromatic nitrogens is 3. The summed E-state index contributed by atoms with van der Waals surface area (Å²) in [7, 11) is 0. The molecule has 20 heavy (non-hydrogen) atoms. The predicted molar refractivity (Wildman–Crippen MR) is 79.5 cm³/mol. The van der Waals surface area contributed by atoms with Gasteiger partial charge in [0.2, 0.25) is 0 Å². The normalized spacial score (nSPS) is 10.9. The van der Waals surface area contributed by atoms with Gasteiger partial charge in [-0.25, -0.2) is 4.52 Å².